The minimum Gasteiger partial charge on any atom is -0.365 e. The van der Waals surface area contributed by atoms with Crippen molar-refractivity contribution in [3.05, 3.63) is 72.1 Å². The average Bonchev–Trinajstić information content (AvgIpc) is 2.44. The molecule has 2 N–H and O–H groups in total. The molecule has 0 fully saturated rings. The Morgan fingerprint density at radius 3 is 2.41 bits per heavy atom. The van der Waals surface area contributed by atoms with Crippen molar-refractivity contribution in [1.29, 1.82) is 0 Å². The van der Waals surface area contributed by atoms with Crippen LogP contribution in [0.1, 0.15) is 15.9 Å². The molecule has 0 aliphatic heterocycles. The second-order valence-corrected chi connectivity index (χ2v) is 5.18. The fourth-order valence-corrected chi connectivity index (χ4v) is 2.38. The van der Waals surface area contributed by atoms with Crippen LogP contribution in [0.15, 0.2) is 35.3 Å². The average molecular weight is 342 g/mol. The highest BCUT2D eigenvalue weighted by atomic mass is 35.5. The van der Waals surface area contributed by atoms with Gasteiger partial charge in [-0.05, 0) is 12.1 Å². The number of nitrogens with zero attached hydrogens (tertiary/aromatic N) is 2. The number of hydrogen-bond acceptors (Lipinski definition) is 4. The van der Waals surface area contributed by atoms with E-state index < -0.39 is 27.6 Å². The largest absolute Gasteiger partial charge is 0.365 e. The molecule has 1 amide bonds. The summed E-state index contributed by atoms with van der Waals surface area (Å²) >= 11 is 12.0. The molecule has 1 aromatic carbocycles. The summed E-state index contributed by atoms with van der Waals surface area (Å²) in [7, 11) is 0. The first-order chi connectivity index (χ1) is 10.3. The van der Waals surface area contributed by atoms with E-state index in [1.807, 2.05) is 0 Å². The molecule has 1 heterocycles. The van der Waals surface area contributed by atoms with Crippen LogP contribution in [0.2, 0.25) is 10.0 Å². The SMILES string of the molecule is NC(=O)c1cc([N+](=O)[O-])cn(Cc2c(Cl)cccc2Cl)c1=O. The summed E-state index contributed by atoms with van der Waals surface area (Å²) in [5.74, 6) is -1.05. The number of nitro groups is 1. The van der Waals surface area contributed by atoms with Crippen LogP contribution in [0.25, 0.3) is 0 Å². The number of nitrogens with two attached hydrogens (primary N) is 1. The molecule has 0 aliphatic carbocycles. The number of pyridine rings is 1. The molecule has 0 saturated carbocycles. The Morgan fingerprint density at radius 1 is 1.32 bits per heavy atom. The molecule has 0 aliphatic rings. The van der Waals surface area contributed by atoms with Crippen molar-refractivity contribution in [1.82, 2.24) is 4.57 Å². The predicted octanol–water partition coefficient (Wildman–Crippen LogP) is 2.21. The summed E-state index contributed by atoms with van der Waals surface area (Å²) in [5.41, 5.74) is 3.82. The Bertz CT molecular complexity index is 812. The van der Waals surface area contributed by atoms with E-state index in [9.17, 15) is 19.7 Å². The highest BCUT2D eigenvalue weighted by Crippen LogP contribution is 2.25. The first kappa shape index (κ1) is 16.0. The first-order valence-electron chi connectivity index (χ1n) is 5.93. The molecule has 0 bridgehead atoms. The third-order valence-corrected chi connectivity index (χ3v) is 3.65. The van der Waals surface area contributed by atoms with E-state index in [4.69, 9.17) is 28.9 Å². The molecule has 2 rings (SSSR count). The van der Waals surface area contributed by atoms with Crippen LogP contribution in [0, 0.1) is 10.1 Å². The Hall–Kier alpha value is -2.38. The van der Waals surface area contributed by atoms with Gasteiger partial charge in [0.15, 0.2) is 0 Å². The van der Waals surface area contributed by atoms with E-state index in [0.717, 1.165) is 16.8 Å². The van der Waals surface area contributed by atoms with E-state index >= 15 is 0 Å². The molecule has 22 heavy (non-hydrogen) atoms. The van der Waals surface area contributed by atoms with Gasteiger partial charge in [-0.3, -0.25) is 19.7 Å². The summed E-state index contributed by atoms with van der Waals surface area (Å²) in [6, 6.07) is 5.61. The minimum atomic E-state index is -1.05. The fraction of sp³-hybridized carbons (Fsp3) is 0.0769. The maximum absolute atomic E-state index is 12.2. The summed E-state index contributed by atoms with van der Waals surface area (Å²) in [6.07, 6.45) is 1.01. The van der Waals surface area contributed by atoms with Crippen LogP contribution >= 0.6 is 23.2 Å². The lowest BCUT2D eigenvalue weighted by Crippen LogP contribution is -2.30. The minimum absolute atomic E-state index is 0.126. The van der Waals surface area contributed by atoms with Crippen molar-refractivity contribution in [2.45, 2.75) is 6.54 Å². The number of hydrogen-bond donors (Lipinski definition) is 1. The molecular formula is C13H9Cl2N3O4. The van der Waals surface area contributed by atoms with E-state index in [1.54, 1.807) is 18.2 Å². The summed E-state index contributed by atoms with van der Waals surface area (Å²) in [6.45, 7) is -0.126. The van der Waals surface area contributed by atoms with Crippen molar-refractivity contribution in [2.24, 2.45) is 5.73 Å². The summed E-state index contributed by atoms with van der Waals surface area (Å²) < 4.78 is 0.977. The Kier molecular flexibility index (Phi) is 4.48. The van der Waals surface area contributed by atoms with Crippen molar-refractivity contribution in [2.75, 3.05) is 0 Å². The Morgan fingerprint density at radius 2 is 1.91 bits per heavy atom. The number of benzene rings is 1. The van der Waals surface area contributed by atoms with E-state index in [-0.39, 0.29) is 6.54 Å². The van der Waals surface area contributed by atoms with E-state index in [2.05, 4.69) is 0 Å². The molecule has 0 spiro atoms. The molecule has 0 atom stereocenters. The lowest BCUT2D eigenvalue weighted by molar-refractivity contribution is -0.385. The number of halogens is 2. The molecule has 0 saturated heterocycles. The monoisotopic (exact) mass is 341 g/mol. The van der Waals surface area contributed by atoms with Gasteiger partial charge in [-0.15, -0.1) is 0 Å². The number of amides is 1. The normalized spacial score (nSPS) is 10.5. The smallest absolute Gasteiger partial charge is 0.286 e. The molecule has 2 aromatic rings. The van der Waals surface area contributed by atoms with Crippen LogP contribution in [0.3, 0.4) is 0 Å². The fourth-order valence-electron chi connectivity index (χ4n) is 1.87. The Balaban J connectivity index is 2.62. The van der Waals surface area contributed by atoms with Crippen molar-refractivity contribution >= 4 is 34.8 Å². The lowest BCUT2D eigenvalue weighted by Gasteiger charge is -2.10. The zero-order chi connectivity index (χ0) is 16.4. The van der Waals surface area contributed by atoms with Gasteiger partial charge in [0.05, 0.1) is 17.7 Å². The third kappa shape index (κ3) is 3.10. The van der Waals surface area contributed by atoms with Crippen LogP contribution in [-0.2, 0) is 6.54 Å². The van der Waals surface area contributed by atoms with Crippen LogP contribution in [-0.4, -0.2) is 15.4 Å². The van der Waals surface area contributed by atoms with Gasteiger partial charge in [-0.2, -0.15) is 0 Å². The van der Waals surface area contributed by atoms with Gasteiger partial charge in [0.2, 0.25) is 0 Å². The van der Waals surface area contributed by atoms with Gasteiger partial charge >= 0.3 is 0 Å². The number of primary amides is 1. The van der Waals surface area contributed by atoms with Crippen LogP contribution in [0.4, 0.5) is 5.69 Å². The van der Waals surface area contributed by atoms with Crippen molar-refractivity contribution < 1.29 is 9.72 Å². The molecule has 7 nitrogen and oxygen atoms in total. The van der Waals surface area contributed by atoms with Crippen LogP contribution in [0.5, 0.6) is 0 Å². The number of carbonyl (C=O) groups is 1. The maximum atomic E-state index is 12.2. The molecular weight excluding hydrogens is 333 g/mol. The molecule has 114 valence electrons. The van der Waals surface area contributed by atoms with Gasteiger partial charge in [0, 0.05) is 21.7 Å². The van der Waals surface area contributed by atoms with Crippen molar-refractivity contribution in [3.8, 4) is 0 Å². The topological polar surface area (TPSA) is 108 Å². The van der Waals surface area contributed by atoms with Crippen molar-refractivity contribution in [3.63, 3.8) is 0 Å². The lowest BCUT2D eigenvalue weighted by atomic mass is 10.2. The van der Waals surface area contributed by atoms with Gasteiger partial charge in [0.25, 0.3) is 17.2 Å². The van der Waals surface area contributed by atoms with Gasteiger partial charge in [-0.25, -0.2) is 0 Å². The summed E-state index contributed by atoms with van der Waals surface area (Å²) in [5, 5.41) is 11.5. The molecule has 1 aromatic heterocycles. The van der Waals surface area contributed by atoms with E-state index in [1.165, 1.54) is 0 Å². The van der Waals surface area contributed by atoms with E-state index in [0.29, 0.717) is 15.6 Å². The Labute approximate surface area is 134 Å². The zero-order valence-electron chi connectivity index (χ0n) is 11.0. The third-order valence-electron chi connectivity index (χ3n) is 2.94. The molecule has 0 unspecified atom stereocenters. The quantitative estimate of drug-likeness (QED) is 0.679. The second kappa shape index (κ2) is 6.17. The number of aromatic nitrogens is 1. The van der Waals surface area contributed by atoms with Gasteiger partial charge in [-0.1, -0.05) is 29.3 Å². The predicted molar refractivity (Wildman–Crippen MR) is 81.4 cm³/mol. The number of carbonyl (C=O) groups excluding carboxylic acids is 1. The molecule has 0 radical (unpaired) electrons. The molecule has 9 heteroatoms. The van der Waals surface area contributed by atoms with Gasteiger partial charge in [0.1, 0.15) is 5.56 Å². The van der Waals surface area contributed by atoms with Gasteiger partial charge < -0.3 is 10.3 Å². The number of rotatable bonds is 4. The maximum Gasteiger partial charge on any atom is 0.286 e. The van der Waals surface area contributed by atoms with Crippen LogP contribution < -0.4 is 11.3 Å². The zero-order valence-corrected chi connectivity index (χ0v) is 12.5. The standard InChI is InChI=1S/C13H9Cl2N3O4/c14-10-2-1-3-11(15)9(10)6-17-5-7(18(21)22)4-8(12(16)19)13(17)20/h1-5H,6H2,(H2,16,19). The first-order valence-corrected chi connectivity index (χ1v) is 6.68. The second-order valence-electron chi connectivity index (χ2n) is 4.37. The highest BCUT2D eigenvalue weighted by molar-refractivity contribution is 6.35. The highest BCUT2D eigenvalue weighted by Gasteiger charge is 2.18. The summed E-state index contributed by atoms with van der Waals surface area (Å²) in [4.78, 5) is 33.6.